The summed E-state index contributed by atoms with van der Waals surface area (Å²) in [6, 6.07) is 16.9. The van der Waals surface area contributed by atoms with Gasteiger partial charge in [0.1, 0.15) is 12.1 Å². The van der Waals surface area contributed by atoms with Gasteiger partial charge in [-0.2, -0.15) is 0 Å². The molecule has 1 heterocycles. The maximum Gasteiger partial charge on any atom is 0.321 e. The van der Waals surface area contributed by atoms with Crippen LogP contribution in [0.3, 0.4) is 0 Å². The summed E-state index contributed by atoms with van der Waals surface area (Å²) in [6.45, 7) is 0.564. The average Bonchev–Trinajstić information content (AvgIpc) is 3.14. The maximum absolute atomic E-state index is 11.8. The highest BCUT2D eigenvalue weighted by molar-refractivity contribution is 5.78. The normalized spacial score (nSPS) is 13.0. The first-order valence-electron chi connectivity index (χ1n) is 9.31. The van der Waals surface area contributed by atoms with Gasteiger partial charge in [-0.25, -0.2) is 4.98 Å². The minimum atomic E-state index is -1.10. The van der Waals surface area contributed by atoms with E-state index in [1.807, 2.05) is 65.2 Å². The van der Waals surface area contributed by atoms with Crippen LogP contribution >= 0.6 is 0 Å². The number of carbonyl (C=O) groups is 2. The Morgan fingerprint density at radius 3 is 2.00 bits per heavy atom. The van der Waals surface area contributed by atoms with Crippen molar-refractivity contribution in [1.29, 1.82) is 0 Å². The van der Waals surface area contributed by atoms with Crippen LogP contribution in [0.4, 0.5) is 0 Å². The van der Waals surface area contributed by atoms with Crippen molar-refractivity contribution in [1.82, 2.24) is 14.9 Å². The Morgan fingerprint density at radius 1 is 0.862 bits per heavy atom. The van der Waals surface area contributed by atoms with E-state index in [1.165, 1.54) is 0 Å². The topological polar surface area (TPSA) is 104 Å². The standard InChI is InChI=1S/C22H23N3O4/c26-21(27)19(11-16-7-3-1-4-8-16)24-20(22(28)29)12-18-13-23-15-25(18)14-17-9-5-2-6-10-17/h1-10,13,15,19-20,24H,11-12,14H2,(H,26,27)(H,28,29)/t19-,20-/m0/s1. The second kappa shape index (κ2) is 9.66. The van der Waals surface area contributed by atoms with Crippen LogP contribution in [0.2, 0.25) is 0 Å². The zero-order valence-corrected chi connectivity index (χ0v) is 15.8. The molecule has 2 aromatic carbocycles. The van der Waals surface area contributed by atoms with E-state index in [0.29, 0.717) is 6.54 Å². The molecule has 2 atom stereocenters. The Morgan fingerprint density at radius 2 is 1.41 bits per heavy atom. The van der Waals surface area contributed by atoms with Crippen molar-refractivity contribution in [2.24, 2.45) is 0 Å². The molecular weight excluding hydrogens is 370 g/mol. The number of imidazole rings is 1. The molecule has 0 radical (unpaired) electrons. The largest absolute Gasteiger partial charge is 0.480 e. The predicted octanol–water partition coefficient (Wildman–Crippen LogP) is 2.21. The minimum Gasteiger partial charge on any atom is -0.480 e. The molecule has 3 N–H and O–H groups in total. The lowest BCUT2D eigenvalue weighted by molar-refractivity contribution is -0.142. The summed E-state index contributed by atoms with van der Waals surface area (Å²) in [5, 5.41) is 22.0. The minimum absolute atomic E-state index is 0.126. The third-order valence-corrected chi connectivity index (χ3v) is 4.69. The number of aromatic nitrogens is 2. The first-order chi connectivity index (χ1) is 14.0. The number of nitrogens with zero attached hydrogens (tertiary/aromatic N) is 2. The monoisotopic (exact) mass is 393 g/mol. The average molecular weight is 393 g/mol. The van der Waals surface area contributed by atoms with Crippen LogP contribution in [-0.4, -0.2) is 43.8 Å². The molecule has 0 aliphatic carbocycles. The molecule has 29 heavy (non-hydrogen) atoms. The smallest absolute Gasteiger partial charge is 0.321 e. The summed E-state index contributed by atoms with van der Waals surface area (Å²) in [7, 11) is 0. The van der Waals surface area contributed by atoms with Crippen molar-refractivity contribution in [2.75, 3.05) is 0 Å². The van der Waals surface area contributed by atoms with Gasteiger partial charge in [-0.1, -0.05) is 60.7 Å². The molecule has 0 amide bonds. The molecule has 0 fully saturated rings. The van der Waals surface area contributed by atoms with Crippen molar-refractivity contribution in [3.05, 3.63) is 90.0 Å². The van der Waals surface area contributed by atoms with Crippen molar-refractivity contribution in [3.8, 4) is 0 Å². The van der Waals surface area contributed by atoms with Gasteiger partial charge in [0, 0.05) is 24.9 Å². The van der Waals surface area contributed by atoms with Crippen LogP contribution in [0.15, 0.2) is 73.2 Å². The van der Waals surface area contributed by atoms with E-state index in [-0.39, 0.29) is 12.8 Å². The Balaban J connectivity index is 1.72. The van der Waals surface area contributed by atoms with Crippen molar-refractivity contribution in [3.63, 3.8) is 0 Å². The third-order valence-electron chi connectivity index (χ3n) is 4.69. The van der Waals surface area contributed by atoms with E-state index in [2.05, 4.69) is 10.3 Å². The highest BCUT2D eigenvalue weighted by Crippen LogP contribution is 2.11. The summed E-state index contributed by atoms with van der Waals surface area (Å²) in [5.74, 6) is -2.19. The molecule has 1 aromatic heterocycles. The number of carboxylic acids is 2. The SMILES string of the molecule is O=C(O)[C@H](Cc1ccccc1)N[C@@H](Cc1cncn1Cc1ccccc1)C(=O)O. The molecule has 0 unspecified atom stereocenters. The first-order valence-corrected chi connectivity index (χ1v) is 9.31. The molecule has 0 aliphatic rings. The number of aliphatic carboxylic acids is 2. The molecule has 0 saturated heterocycles. The number of benzene rings is 2. The molecule has 0 saturated carbocycles. The molecule has 0 aliphatic heterocycles. The van der Waals surface area contributed by atoms with Crippen LogP contribution in [0.1, 0.15) is 16.8 Å². The van der Waals surface area contributed by atoms with Gasteiger partial charge in [-0.05, 0) is 17.5 Å². The van der Waals surface area contributed by atoms with Crippen LogP contribution in [-0.2, 0) is 29.0 Å². The van der Waals surface area contributed by atoms with E-state index >= 15 is 0 Å². The van der Waals surface area contributed by atoms with E-state index in [1.54, 1.807) is 12.5 Å². The van der Waals surface area contributed by atoms with Crippen molar-refractivity contribution in [2.45, 2.75) is 31.5 Å². The summed E-state index contributed by atoms with van der Waals surface area (Å²) in [6.07, 6.45) is 3.59. The summed E-state index contributed by atoms with van der Waals surface area (Å²) in [5.41, 5.74) is 2.61. The van der Waals surface area contributed by atoms with Gasteiger partial charge in [0.2, 0.25) is 0 Å². The second-order valence-corrected chi connectivity index (χ2v) is 6.84. The summed E-state index contributed by atoms with van der Waals surface area (Å²) < 4.78 is 1.87. The fourth-order valence-corrected chi connectivity index (χ4v) is 3.18. The number of nitrogens with one attached hydrogen (secondary N) is 1. The molecule has 150 valence electrons. The highest BCUT2D eigenvalue weighted by Gasteiger charge is 2.27. The van der Waals surface area contributed by atoms with E-state index in [9.17, 15) is 19.8 Å². The Bertz CT molecular complexity index is 941. The van der Waals surface area contributed by atoms with Gasteiger partial charge in [0.15, 0.2) is 0 Å². The number of carboxylic acid groups (broad SMARTS) is 2. The quantitative estimate of drug-likeness (QED) is 0.488. The van der Waals surface area contributed by atoms with Crippen molar-refractivity contribution < 1.29 is 19.8 Å². The molecule has 7 heteroatoms. The Labute approximate surface area is 168 Å². The molecule has 7 nitrogen and oxygen atoms in total. The molecular formula is C22H23N3O4. The second-order valence-electron chi connectivity index (χ2n) is 6.84. The van der Waals surface area contributed by atoms with Crippen LogP contribution < -0.4 is 5.32 Å². The van der Waals surface area contributed by atoms with E-state index < -0.39 is 24.0 Å². The van der Waals surface area contributed by atoms with Gasteiger partial charge in [-0.15, -0.1) is 0 Å². The van der Waals surface area contributed by atoms with E-state index in [4.69, 9.17) is 0 Å². The van der Waals surface area contributed by atoms with E-state index in [0.717, 1.165) is 16.8 Å². The van der Waals surface area contributed by atoms with Crippen LogP contribution in [0.5, 0.6) is 0 Å². The first kappa shape index (κ1) is 20.3. The lowest BCUT2D eigenvalue weighted by Crippen LogP contribution is -2.49. The third kappa shape index (κ3) is 5.76. The Hall–Kier alpha value is -3.45. The maximum atomic E-state index is 11.8. The van der Waals surface area contributed by atoms with Crippen molar-refractivity contribution >= 4 is 11.9 Å². The van der Waals surface area contributed by atoms with Gasteiger partial charge >= 0.3 is 11.9 Å². The van der Waals surface area contributed by atoms with Gasteiger partial charge in [0.05, 0.1) is 6.33 Å². The Kier molecular flexibility index (Phi) is 6.76. The van der Waals surface area contributed by atoms with Gasteiger partial charge in [0.25, 0.3) is 0 Å². The molecule has 0 bridgehead atoms. The molecule has 3 aromatic rings. The molecule has 3 rings (SSSR count). The number of hydrogen-bond donors (Lipinski definition) is 3. The predicted molar refractivity (Wildman–Crippen MR) is 108 cm³/mol. The fraction of sp³-hybridized carbons (Fsp3) is 0.227. The highest BCUT2D eigenvalue weighted by atomic mass is 16.4. The zero-order chi connectivity index (χ0) is 20.6. The lowest BCUT2D eigenvalue weighted by Gasteiger charge is -2.21. The number of rotatable bonds is 10. The van der Waals surface area contributed by atoms with Gasteiger partial charge in [-0.3, -0.25) is 14.9 Å². The van der Waals surface area contributed by atoms with Gasteiger partial charge < -0.3 is 14.8 Å². The van der Waals surface area contributed by atoms with Crippen LogP contribution in [0.25, 0.3) is 0 Å². The fourth-order valence-electron chi connectivity index (χ4n) is 3.18. The zero-order valence-electron chi connectivity index (χ0n) is 15.8. The van der Waals surface area contributed by atoms with Crippen LogP contribution in [0, 0.1) is 0 Å². The summed E-state index contributed by atoms with van der Waals surface area (Å²) in [4.78, 5) is 27.7. The molecule has 0 spiro atoms. The number of hydrogen-bond acceptors (Lipinski definition) is 4. The lowest BCUT2D eigenvalue weighted by atomic mass is 10.0. The summed E-state index contributed by atoms with van der Waals surface area (Å²) >= 11 is 0.